The van der Waals surface area contributed by atoms with Crippen LogP contribution in [0.25, 0.3) is 0 Å². The Labute approximate surface area is 124 Å². The van der Waals surface area contributed by atoms with Gasteiger partial charge >= 0.3 is 0 Å². The first-order chi connectivity index (χ1) is 9.19. The van der Waals surface area contributed by atoms with E-state index in [-0.39, 0.29) is 6.10 Å². The van der Waals surface area contributed by atoms with Crippen molar-refractivity contribution in [1.82, 2.24) is 0 Å². The second-order valence-electron chi connectivity index (χ2n) is 5.56. The lowest BCUT2D eigenvalue weighted by molar-refractivity contribution is 0.130. The molecular formula is C16H23BrO2. The SMILES string of the molecule is COc1ccc(Br)c(CC(O)CC2CCCCC2)c1. The lowest BCUT2D eigenvalue weighted by Crippen LogP contribution is -2.18. The maximum atomic E-state index is 10.3. The Bertz CT molecular complexity index is 400. The van der Waals surface area contributed by atoms with Crippen molar-refractivity contribution in [2.75, 3.05) is 7.11 Å². The van der Waals surface area contributed by atoms with Crippen molar-refractivity contribution < 1.29 is 9.84 Å². The van der Waals surface area contributed by atoms with E-state index >= 15 is 0 Å². The van der Waals surface area contributed by atoms with Crippen molar-refractivity contribution in [3.8, 4) is 5.75 Å². The summed E-state index contributed by atoms with van der Waals surface area (Å²) in [6.07, 6.45) is 8.01. The number of aliphatic hydroxyl groups is 1. The number of ether oxygens (including phenoxy) is 1. The van der Waals surface area contributed by atoms with E-state index in [1.165, 1.54) is 32.1 Å². The van der Waals surface area contributed by atoms with Gasteiger partial charge in [-0.25, -0.2) is 0 Å². The molecule has 2 rings (SSSR count). The predicted molar refractivity (Wildman–Crippen MR) is 81.6 cm³/mol. The van der Waals surface area contributed by atoms with Crippen LogP contribution in [-0.2, 0) is 6.42 Å². The number of halogens is 1. The van der Waals surface area contributed by atoms with Crippen molar-refractivity contribution in [1.29, 1.82) is 0 Å². The quantitative estimate of drug-likeness (QED) is 0.872. The molecular weight excluding hydrogens is 304 g/mol. The summed E-state index contributed by atoms with van der Waals surface area (Å²) in [5, 5.41) is 10.3. The Morgan fingerprint density at radius 2 is 2.05 bits per heavy atom. The minimum absolute atomic E-state index is 0.244. The van der Waals surface area contributed by atoms with Crippen molar-refractivity contribution in [2.24, 2.45) is 5.92 Å². The molecule has 0 saturated heterocycles. The van der Waals surface area contributed by atoms with Crippen molar-refractivity contribution in [3.05, 3.63) is 28.2 Å². The zero-order chi connectivity index (χ0) is 13.7. The van der Waals surface area contributed by atoms with Crippen molar-refractivity contribution >= 4 is 15.9 Å². The number of rotatable bonds is 5. The maximum Gasteiger partial charge on any atom is 0.119 e. The summed E-state index contributed by atoms with van der Waals surface area (Å²) >= 11 is 3.55. The number of benzene rings is 1. The molecule has 106 valence electrons. The zero-order valence-electron chi connectivity index (χ0n) is 11.6. The minimum Gasteiger partial charge on any atom is -0.497 e. The molecule has 0 radical (unpaired) electrons. The van der Waals surface area contributed by atoms with Crippen LogP contribution in [0.2, 0.25) is 0 Å². The highest BCUT2D eigenvalue weighted by atomic mass is 79.9. The van der Waals surface area contributed by atoms with Gasteiger partial charge in [0.15, 0.2) is 0 Å². The monoisotopic (exact) mass is 326 g/mol. The summed E-state index contributed by atoms with van der Waals surface area (Å²) < 4.78 is 6.29. The van der Waals surface area contributed by atoms with Crippen LogP contribution in [0.15, 0.2) is 22.7 Å². The molecule has 0 amide bonds. The largest absolute Gasteiger partial charge is 0.497 e. The van der Waals surface area contributed by atoms with E-state index in [2.05, 4.69) is 15.9 Å². The van der Waals surface area contributed by atoms with Crippen molar-refractivity contribution in [3.63, 3.8) is 0 Å². The zero-order valence-corrected chi connectivity index (χ0v) is 13.2. The molecule has 3 heteroatoms. The molecule has 0 bridgehead atoms. The second-order valence-corrected chi connectivity index (χ2v) is 6.41. The average molecular weight is 327 g/mol. The van der Waals surface area contributed by atoms with Gasteiger partial charge in [-0.05, 0) is 42.5 Å². The fourth-order valence-electron chi connectivity index (χ4n) is 2.98. The molecule has 1 atom stereocenters. The maximum absolute atomic E-state index is 10.3. The Morgan fingerprint density at radius 1 is 1.32 bits per heavy atom. The van der Waals surface area contributed by atoms with Gasteiger partial charge in [-0.3, -0.25) is 0 Å². The Kier molecular flexibility index (Phi) is 5.71. The van der Waals surface area contributed by atoms with Crippen LogP contribution < -0.4 is 4.74 Å². The third-order valence-corrected chi connectivity index (χ3v) is 4.81. The first kappa shape index (κ1) is 14.9. The fraction of sp³-hybridized carbons (Fsp3) is 0.625. The van der Waals surface area contributed by atoms with E-state index in [0.717, 1.165) is 22.2 Å². The average Bonchev–Trinajstić information content (AvgIpc) is 2.42. The van der Waals surface area contributed by atoms with Gasteiger partial charge in [0.25, 0.3) is 0 Å². The summed E-state index contributed by atoms with van der Waals surface area (Å²) in [6, 6.07) is 5.93. The van der Waals surface area contributed by atoms with Gasteiger partial charge in [0.1, 0.15) is 5.75 Å². The Morgan fingerprint density at radius 3 is 2.74 bits per heavy atom. The third kappa shape index (κ3) is 4.50. The van der Waals surface area contributed by atoms with Gasteiger partial charge in [0.05, 0.1) is 13.2 Å². The van der Waals surface area contributed by atoms with E-state index in [0.29, 0.717) is 12.3 Å². The van der Waals surface area contributed by atoms with Crippen molar-refractivity contribution in [2.45, 2.75) is 51.0 Å². The van der Waals surface area contributed by atoms with Crippen LogP contribution in [0, 0.1) is 5.92 Å². The summed E-state index contributed by atoms with van der Waals surface area (Å²) in [5.74, 6) is 1.57. The first-order valence-electron chi connectivity index (χ1n) is 7.19. The van der Waals surface area contributed by atoms with E-state index < -0.39 is 0 Å². The molecule has 1 N–H and O–H groups in total. The molecule has 1 aromatic rings. The number of hydrogen-bond acceptors (Lipinski definition) is 2. The highest BCUT2D eigenvalue weighted by Gasteiger charge is 2.18. The van der Waals surface area contributed by atoms with Gasteiger partial charge < -0.3 is 9.84 Å². The van der Waals surface area contributed by atoms with Gasteiger partial charge in [-0.2, -0.15) is 0 Å². The molecule has 1 aliphatic carbocycles. The molecule has 1 unspecified atom stereocenters. The molecule has 0 aromatic heterocycles. The first-order valence-corrected chi connectivity index (χ1v) is 7.99. The van der Waals surface area contributed by atoms with E-state index in [1.807, 2.05) is 18.2 Å². The molecule has 0 aliphatic heterocycles. The standard InChI is InChI=1S/C16H23BrO2/c1-19-15-7-8-16(17)13(11-15)10-14(18)9-12-5-3-2-4-6-12/h7-8,11-12,14,18H,2-6,9-10H2,1H3. The lowest BCUT2D eigenvalue weighted by Gasteiger charge is -2.24. The molecule has 1 saturated carbocycles. The smallest absolute Gasteiger partial charge is 0.119 e. The molecule has 2 nitrogen and oxygen atoms in total. The fourth-order valence-corrected chi connectivity index (χ4v) is 3.39. The molecule has 1 aliphatic rings. The summed E-state index contributed by atoms with van der Waals surface area (Å²) in [6.45, 7) is 0. The predicted octanol–water partition coefficient (Wildman–Crippen LogP) is 4.33. The number of hydrogen-bond donors (Lipinski definition) is 1. The summed E-state index contributed by atoms with van der Waals surface area (Å²) in [7, 11) is 1.67. The van der Waals surface area contributed by atoms with E-state index in [4.69, 9.17) is 4.74 Å². The number of methoxy groups -OCH3 is 1. The Balaban J connectivity index is 1.92. The van der Waals surface area contributed by atoms with Crippen LogP contribution in [0.3, 0.4) is 0 Å². The molecule has 19 heavy (non-hydrogen) atoms. The number of aliphatic hydroxyl groups excluding tert-OH is 1. The lowest BCUT2D eigenvalue weighted by atomic mass is 9.84. The highest BCUT2D eigenvalue weighted by Crippen LogP contribution is 2.29. The molecule has 1 aromatic carbocycles. The van der Waals surface area contributed by atoms with E-state index in [1.54, 1.807) is 7.11 Å². The topological polar surface area (TPSA) is 29.5 Å². The molecule has 0 spiro atoms. The van der Waals surface area contributed by atoms with Gasteiger partial charge in [-0.15, -0.1) is 0 Å². The summed E-state index contributed by atoms with van der Waals surface area (Å²) in [4.78, 5) is 0. The van der Waals surface area contributed by atoms with Crippen LogP contribution in [-0.4, -0.2) is 18.3 Å². The highest BCUT2D eigenvalue weighted by molar-refractivity contribution is 9.10. The normalized spacial score (nSPS) is 18.3. The van der Waals surface area contributed by atoms with Gasteiger partial charge in [0, 0.05) is 4.47 Å². The van der Waals surface area contributed by atoms with Gasteiger partial charge in [0.2, 0.25) is 0 Å². The molecule has 0 heterocycles. The molecule has 1 fully saturated rings. The van der Waals surface area contributed by atoms with Crippen LogP contribution in [0.5, 0.6) is 5.75 Å². The van der Waals surface area contributed by atoms with E-state index in [9.17, 15) is 5.11 Å². The van der Waals surface area contributed by atoms with Crippen LogP contribution in [0.1, 0.15) is 44.1 Å². The Hall–Kier alpha value is -0.540. The third-order valence-electron chi connectivity index (χ3n) is 4.04. The second kappa shape index (κ2) is 7.30. The van der Waals surface area contributed by atoms with Crippen LogP contribution >= 0.6 is 15.9 Å². The van der Waals surface area contributed by atoms with Crippen LogP contribution in [0.4, 0.5) is 0 Å². The van der Waals surface area contributed by atoms with Gasteiger partial charge in [-0.1, -0.05) is 48.0 Å². The minimum atomic E-state index is -0.244. The summed E-state index contributed by atoms with van der Waals surface area (Å²) in [5.41, 5.74) is 1.13.